The largest absolute Gasteiger partial charge is 0.326 e. The number of hydrogen-bond donors (Lipinski definition) is 2. The molecule has 6 heteroatoms. The summed E-state index contributed by atoms with van der Waals surface area (Å²) in [4.78, 5) is 0.203. The van der Waals surface area contributed by atoms with Crippen LogP contribution in [0.5, 0.6) is 0 Å². The Balaban J connectivity index is 2.38. The number of halogens is 1. The summed E-state index contributed by atoms with van der Waals surface area (Å²) in [5, 5.41) is 0. The van der Waals surface area contributed by atoms with Crippen LogP contribution in [0.15, 0.2) is 51.8 Å². The van der Waals surface area contributed by atoms with Gasteiger partial charge in [-0.05, 0) is 52.2 Å². The molecule has 0 saturated heterocycles. The minimum absolute atomic E-state index is 0.203. The lowest BCUT2D eigenvalue weighted by Crippen LogP contribution is -2.14. The number of rotatable bonds is 4. The number of sulfonamides is 1. The highest BCUT2D eigenvalue weighted by Crippen LogP contribution is 2.28. The maximum atomic E-state index is 12.4. The number of hydrogen-bond acceptors (Lipinski definition) is 3. The first-order valence-corrected chi connectivity index (χ1v) is 8.28. The SMILES string of the molecule is Cc1cccc(NS(=O)(=O)c2cccc(CN)c2)c1Br. The minimum atomic E-state index is -3.62. The van der Waals surface area contributed by atoms with E-state index in [0.29, 0.717) is 12.2 Å². The number of nitrogens with two attached hydrogens (primary N) is 1. The highest BCUT2D eigenvalue weighted by molar-refractivity contribution is 9.10. The van der Waals surface area contributed by atoms with Crippen molar-refractivity contribution >= 4 is 31.6 Å². The Kier molecular flexibility index (Phi) is 4.47. The summed E-state index contributed by atoms with van der Waals surface area (Å²) in [5.74, 6) is 0. The van der Waals surface area contributed by atoms with E-state index in [0.717, 1.165) is 15.6 Å². The van der Waals surface area contributed by atoms with Gasteiger partial charge in [0.15, 0.2) is 0 Å². The molecule has 0 spiro atoms. The molecule has 0 saturated carbocycles. The number of nitrogens with one attached hydrogen (secondary N) is 1. The van der Waals surface area contributed by atoms with E-state index in [1.54, 1.807) is 36.4 Å². The molecule has 0 aliphatic rings. The standard InChI is InChI=1S/C14H15BrN2O2S/c1-10-4-2-7-13(14(10)15)17-20(18,19)12-6-3-5-11(8-12)9-16/h2-8,17H,9,16H2,1H3. The number of benzene rings is 2. The second kappa shape index (κ2) is 5.95. The zero-order chi connectivity index (χ0) is 14.8. The van der Waals surface area contributed by atoms with E-state index in [9.17, 15) is 8.42 Å². The molecule has 106 valence electrons. The summed E-state index contributed by atoms with van der Waals surface area (Å²) in [5.41, 5.74) is 7.79. The van der Waals surface area contributed by atoms with Crippen LogP contribution in [0.1, 0.15) is 11.1 Å². The lowest BCUT2D eigenvalue weighted by Gasteiger charge is -2.11. The average molecular weight is 355 g/mol. The lowest BCUT2D eigenvalue weighted by atomic mass is 10.2. The molecule has 20 heavy (non-hydrogen) atoms. The molecule has 0 aliphatic carbocycles. The third kappa shape index (κ3) is 3.20. The molecule has 0 aliphatic heterocycles. The van der Waals surface area contributed by atoms with Crippen molar-refractivity contribution < 1.29 is 8.42 Å². The van der Waals surface area contributed by atoms with Gasteiger partial charge in [-0.3, -0.25) is 4.72 Å². The molecule has 2 aromatic carbocycles. The molecule has 0 atom stereocenters. The summed E-state index contributed by atoms with van der Waals surface area (Å²) in [6, 6.07) is 12.0. The van der Waals surface area contributed by atoms with Crippen LogP contribution in [-0.2, 0) is 16.6 Å². The summed E-state index contributed by atoms with van der Waals surface area (Å²) in [6.07, 6.45) is 0. The van der Waals surface area contributed by atoms with Gasteiger partial charge in [-0.25, -0.2) is 8.42 Å². The zero-order valence-corrected chi connectivity index (χ0v) is 13.3. The van der Waals surface area contributed by atoms with Crippen LogP contribution in [0.4, 0.5) is 5.69 Å². The van der Waals surface area contributed by atoms with Crippen LogP contribution < -0.4 is 10.5 Å². The fraction of sp³-hybridized carbons (Fsp3) is 0.143. The molecular weight excluding hydrogens is 340 g/mol. The molecule has 0 unspecified atom stereocenters. The molecule has 3 N–H and O–H groups in total. The van der Waals surface area contributed by atoms with Gasteiger partial charge in [-0.2, -0.15) is 0 Å². The maximum Gasteiger partial charge on any atom is 0.261 e. The van der Waals surface area contributed by atoms with E-state index in [1.807, 2.05) is 13.0 Å². The minimum Gasteiger partial charge on any atom is -0.326 e. The lowest BCUT2D eigenvalue weighted by molar-refractivity contribution is 0.601. The Morgan fingerprint density at radius 3 is 2.60 bits per heavy atom. The fourth-order valence-corrected chi connectivity index (χ4v) is 3.41. The Morgan fingerprint density at radius 1 is 1.20 bits per heavy atom. The van der Waals surface area contributed by atoms with E-state index < -0.39 is 10.0 Å². The number of aryl methyl sites for hydroxylation is 1. The Labute approximate surface area is 127 Å². The van der Waals surface area contributed by atoms with Gasteiger partial charge in [-0.15, -0.1) is 0 Å². The van der Waals surface area contributed by atoms with Gasteiger partial charge < -0.3 is 5.73 Å². The Hall–Kier alpha value is -1.37. The molecule has 0 heterocycles. The first kappa shape index (κ1) is 15.0. The number of anilines is 1. The molecule has 0 aromatic heterocycles. The van der Waals surface area contributed by atoms with Crippen molar-refractivity contribution in [3.05, 3.63) is 58.1 Å². The highest BCUT2D eigenvalue weighted by atomic mass is 79.9. The fourth-order valence-electron chi connectivity index (χ4n) is 1.77. The smallest absolute Gasteiger partial charge is 0.261 e. The Morgan fingerprint density at radius 2 is 1.90 bits per heavy atom. The predicted octanol–water partition coefficient (Wildman–Crippen LogP) is 3.02. The van der Waals surface area contributed by atoms with Gasteiger partial charge >= 0.3 is 0 Å². The van der Waals surface area contributed by atoms with Crippen LogP contribution in [0.2, 0.25) is 0 Å². The van der Waals surface area contributed by atoms with Gasteiger partial charge in [0.1, 0.15) is 0 Å². The van der Waals surface area contributed by atoms with E-state index >= 15 is 0 Å². The second-order valence-corrected chi connectivity index (χ2v) is 6.87. The predicted molar refractivity (Wildman–Crippen MR) is 84.0 cm³/mol. The molecular formula is C14H15BrN2O2S. The molecule has 0 fully saturated rings. The normalized spacial score (nSPS) is 11.3. The van der Waals surface area contributed by atoms with Gasteiger partial charge in [0.2, 0.25) is 0 Å². The zero-order valence-electron chi connectivity index (χ0n) is 10.9. The molecule has 0 amide bonds. The topological polar surface area (TPSA) is 72.2 Å². The second-order valence-electron chi connectivity index (χ2n) is 4.39. The maximum absolute atomic E-state index is 12.4. The first-order chi connectivity index (χ1) is 9.44. The van der Waals surface area contributed by atoms with Crippen molar-refractivity contribution in [1.29, 1.82) is 0 Å². The van der Waals surface area contributed by atoms with Crippen molar-refractivity contribution in [3.63, 3.8) is 0 Å². The molecule has 2 rings (SSSR count). The van der Waals surface area contributed by atoms with Crippen molar-refractivity contribution in [3.8, 4) is 0 Å². The third-order valence-electron chi connectivity index (χ3n) is 2.88. The van der Waals surface area contributed by atoms with Crippen LogP contribution >= 0.6 is 15.9 Å². The summed E-state index contributed by atoms with van der Waals surface area (Å²) in [6.45, 7) is 2.20. The first-order valence-electron chi connectivity index (χ1n) is 6.01. The van der Waals surface area contributed by atoms with Gasteiger partial charge in [0.25, 0.3) is 10.0 Å². The van der Waals surface area contributed by atoms with Crippen LogP contribution in [0, 0.1) is 6.92 Å². The highest BCUT2D eigenvalue weighted by Gasteiger charge is 2.16. The van der Waals surface area contributed by atoms with Crippen LogP contribution in [-0.4, -0.2) is 8.42 Å². The molecule has 0 radical (unpaired) electrons. The summed E-state index contributed by atoms with van der Waals surface area (Å²) < 4.78 is 28.0. The van der Waals surface area contributed by atoms with E-state index in [2.05, 4.69) is 20.7 Å². The van der Waals surface area contributed by atoms with Crippen molar-refractivity contribution in [2.75, 3.05) is 4.72 Å². The summed E-state index contributed by atoms with van der Waals surface area (Å²) in [7, 11) is -3.62. The summed E-state index contributed by atoms with van der Waals surface area (Å²) >= 11 is 3.39. The Bertz CT molecular complexity index is 730. The average Bonchev–Trinajstić information content (AvgIpc) is 2.44. The monoisotopic (exact) mass is 354 g/mol. The van der Waals surface area contributed by atoms with Crippen LogP contribution in [0.25, 0.3) is 0 Å². The molecule has 4 nitrogen and oxygen atoms in total. The van der Waals surface area contributed by atoms with E-state index in [1.165, 1.54) is 0 Å². The van der Waals surface area contributed by atoms with Crippen molar-refractivity contribution in [1.82, 2.24) is 0 Å². The van der Waals surface area contributed by atoms with Gasteiger partial charge in [0, 0.05) is 11.0 Å². The van der Waals surface area contributed by atoms with Gasteiger partial charge in [0.05, 0.1) is 10.6 Å². The molecule has 0 bridgehead atoms. The third-order valence-corrected chi connectivity index (χ3v) is 5.30. The molecule has 2 aromatic rings. The quantitative estimate of drug-likeness (QED) is 0.886. The van der Waals surface area contributed by atoms with Crippen molar-refractivity contribution in [2.24, 2.45) is 5.73 Å². The van der Waals surface area contributed by atoms with E-state index in [4.69, 9.17) is 5.73 Å². The van der Waals surface area contributed by atoms with Gasteiger partial charge in [-0.1, -0.05) is 24.3 Å². The van der Waals surface area contributed by atoms with Crippen LogP contribution in [0.3, 0.4) is 0 Å². The van der Waals surface area contributed by atoms with E-state index in [-0.39, 0.29) is 4.90 Å². The van der Waals surface area contributed by atoms with Crippen molar-refractivity contribution in [2.45, 2.75) is 18.4 Å².